The van der Waals surface area contributed by atoms with Crippen molar-refractivity contribution >= 4 is 0 Å². The van der Waals surface area contributed by atoms with Crippen LogP contribution < -0.4 is 0 Å². The first-order valence-corrected chi connectivity index (χ1v) is 0. The smallest absolute Gasteiger partial charge is 0 e. The minimum Gasteiger partial charge on any atom is 0 e. The van der Waals surface area contributed by atoms with Crippen LogP contribution in [-0.4, -0.2) is 0 Å². The summed E-state index contributed by atoms with van der Waals surface area (Å²) in [5.74, 6) is 0. The van der Waals surface area contributed by atoms with Crippen LogP contribution in [0.4, 0.5) is 0 Å². The summed E-state index contributed by atoms with van der Waals surface area (Å²) in [6, 6.07) is 0. The molecule has 0 atom stereocenters. The Hall–Kier alpha value is 18.9. The Balaban J connectivity index is 0. The van der Waals surface area contributed by atoms with Crippen molar-refractivity contribution in [2.24, 2.45) is 0 Å². The Bertz CT molecular complexity index is 0. The van der Waals surface area contributed by atoms with Crippen molar-refractivity contribution in [1.82, 2.24) is 0 Å². The second kappa shape index (κ2) is 93.7. The monoisotopic (exact) mass is 599 g/mol. The van der Waals surface area contributed by atoms with Gasteiger partial charge in [0.2, 0.25) is 0 Å². The fourth-order valence-electron chi connectivity index (χ4n) is 0. The number of rotatable bonds is 0. The van der Waals surface area contributed by atoms with E-state index in [0.717, 1.165) is 0 Å². The van der Waals surface area contributed by atoms with Crippen LogP contribution in [0.2, 0.25) is 0 Å². The molecule has 0 aromatic rings. The van der Waals surface area contributed by atoms with E-state index in [1.165, 1.54) is 0 Å². The molecule has 0 nitrogen and oxygen atoms in total. The van der Waals surface area contributed by atoms with Gasteiger partial charge in [-0.25, -0.2) is 0 Å². The molecule has 0 spiro atoms. The van der Waals surface area contributed by atoms with E-state index in [2.05, 4.69) is 0 Å². The minimum atomic E-state index is 0. The summed E-state index contributed by atoms with van der Waals surface area (Å²) in [5.41, 5.74) is 0. The molecule has 0 saturated carbocycles. The molecule has 15 heavy (non-hydrogen) atoms. The van der Waals surface area contributed by atoms with Crippen LogP contribution in [0.3, 0.4) is 0 Å². The number of hydrogen-bond donors (Lipinski definition) is 0. The van der Waals surface area contributed by atoms with E-state index in [-0.39, 0.29) is 566 Å². The van der Waals surface area contributed by atoms with E-state index in [1.54, 1.807) is 0 Å². The van der Waals surface area contributed by atoms with Gasteiger partial charge in [0.15, 0.2) is 0 Å². The summed E-state index contributed by atoms with van der Waals surface area (Å²) in [7, 11) is 0. The van der Waals surface area contributed by atoms with E-state index < -0.39 is 0 Å². The molecule has 0 aliphatic carbocycles. The molecule has 0 bridgehead atoms. The molecule has 0 radical (unpaired) electrons. The third-order valence-electron chi connectivity index (χ3n) is 0. The van der Waals surface area contributed by atoms with Crippen LogP contribution in [0.25, 0.3) is 0 Å². The largest absolute Gasteiger partial charge is 0 e. The average Bonchev–Trinajstić information content (AvgIpc) is 0. The maximum Gasteiger partial charge on any atom is 0 e. The minimum absolute atomic E-state index is 0. The molecule has 0 aliphatic heterocycles. The first-order chi connectivity index (χ1) is 0. The SMILES string of the molecule is [Ar].[Ar].[Ar].[Ar].[Ar].[Ar].[Ar].[Ar].[Ar].[Ar].[Ar].[Ar].[Ar].[Ar].[Ar]. The first kappa shape index (κ1) is 103. The van der Waals surface area contributed by atoms with E-state index in [9.17, 15) is 0 Å². The molecule has 0 aromatic heterocycles. The maximum absolute atomic E-state index is 0. The van der Waals surface area contributed by atoms with Crippen LogP contribution in [0.1, 0.15) is 0 Å². The molecule has 0 rings (SSSR count). The molecule has 0 heterocycles. The standard InChI is InChI=1S/15Ar. The van der Waals surface area contributed by atoms with Gasteiger partial charge in [0.25, 0.3) is 0 Å². The van der Waals surface area contributed by atoms with Crippen molar-refractivity contribution in [3.63, 3.8) is 0 Å². The fraction of sp³-hybridized carbons (Fsp3) is 0. The van der Waals surface area contributed by atoms with E-state index in [1.807, 2.05) is 0 Å². The summed E-state index contributed by atoms with van der Waals surface area (Å²) in [6.45, 7) is 0. The van der Waals surface area contributed by atoms with Crippen molar-refractivity contribution in [1.29, 1.82) is 0 Å². The van der Waals surface area contributed by atoms with E-state index in [4.69, 9.17) is 0 Å². The number of hydrogen-bond acceptors (Lipinski definition) is 0. The third-order valence-corrected chi connectivity index (χ3v) is 0. The van der Waals surface area contributed by atoms with Crippen LogP contribution in [-0.2, 0) is 0 Å². The molecule has 0 N–H and O–H groups in total. The Kier molecular flexibility index (Phi) is 642. The zero-order chi connectivity index (χ0) is 0. The van der Waals surface area contributed by atoms with Gasteiger partial charge in [-0.2, -0.15) is 0 Å². The molecule has 0 fully saturated rings. The summed E-state index contributed by atoms with van der Waals surface area (Å²) in [4.78, 5) is 0. The molecule has 0 aliphatic rings. The van der Waals surface area contributed by atoms with Crippen molar-refractivity contribution < 1.29 is 566 Å². The van der Waals surface area contributed by atoms with Gasteiger partial charge in [-0.3, -0.25) is 0 Å². The van der Waals surface area contributed by atoms with Crippen LogP contribution in [0.15, 0.2) is 0 Å². The normalized spacial score (nSPS) is 0. The second-order valence-corrected chi connectivity index (χ2v) is 0. The fourth-order valence-corrected chi connectivity index (χ4v) is 0. The summed E-state index contributed by atoms with van der Waals surface area (Å²) in [5, 5.41) is 0. The molecule has 0 unspecified atom stereocenters. The van der Waals surface area contributed by atoms with Crippen LogP contribution >= 0.6 is 0 Å². The van der Waals surface area contributed by atoms with Gasteiger partial charge in [-0.15, -0.1) is 0 Å². The van der Waals surface area contributed by atoms with Gasteiger partial charge in [0.1, 0.15) is 0 Å². The third kappa shape index (κ3) is 87.9. The Labute approximate surface area is 543 Å². The van der Waals surface area contributed by atoms with Gasteiger partial charge in [-0.05, 0) is 0 Å². The molecule has 0 saturated heterocycles. The summed E-state index contributed by atoms with van der Waals surface area (Å²) >= 11 is 0. The topological polar surface area (TPSA) is 0 Å². The van der Waals surface area contributed by atoms with Gasteiger partial charge >= 0.3 is 0 Å². The average molecular weight is 599 g/mol. The van der Waals surface area contributed by atoms with Gasteiger partial charge < -0.3 is 0 Å². The molecule has 0 aromatic carbocycles. The van der Waals surface area contributed by atoms with Gasteiger partial charge in [0, 0.05) is 566 Å². The Morgan fingerprint density at radius 2 is 0.0667 bits per heavy atom. The van der Waals surface area contributed by atoms with Crippen molar-refractivity contribution in [3.05, 3.63) is 0 Å². The van der Waals surface area contributed by atoms with Crippen molar-refractivity contribution in [2.75, 3.05) is 0 Å². The zero-order valence-electron chi connectivity index (χ0n) is 5.30. The molecule has 15 heteroatoms. The second-order valence-electron chi connectivity index (χ2n) is 0. The Morgan fingerprint density at radius 3 is 0.0667 bits per heavy atom. The molecule has 120 valence electrons. The van der Waals surface area contributed by atoms with Crippen LogP contribution in [0, 0.1) is 566 Å². The maximum atomic E-state index is 0. The van der Waals surface area contributed by atoms with Crippen LogP contribution in [0.5, 0.6) is 0 Å². The quantitative estimate of drug-likeness (QED) is 0.368. The molecular weight excluding hydrogens is 599 g/mol. The van der Waals surface area contributed by atoms with E-state index in [0.29, 0.717) is 0 Å². The van der Waals surface area contributed by atoms with Crippen molar-refractivity contribution in [3.8, 4) is 0 Å². The van der Waals surface area contributed by atoms with Gasteiger partial charge in [0.05, 0.1) is 0 Å². The molecular formula is Ar15. The molecule has 0 amide bonds. The predicted molar refractivity (Wildman–Crippen MR) is 0 cm³/mol. The van der Waals surface area contributed by atoms with E-state index >= 15 is 0 Å². The van der Waals surface area contributed by atoms with Crippen molar-refractivity contribution in [2.45, 2.75) is 0 Å². The summed E-state index contributed by atoms with van der Waals surface area (Å²) < 4.78 is 0. The van der Waals surface area contributed by atoms with Gasteiger partial charge in [-0.1, -0.05) is 0 Å². The predicted octanol–water partition coefficient (Wildman–Crippen LogP) is 0. The Morgan fingerprint density at radius 1 is 0.0667 bits per heavy atom. The zero-order valence-corrected chi connectivity index (χ0v) is 15.9. The first-order valence-electron chi connectivity index (χ1n) is 0. The summed E-state index contributed by atoms with van der Waals surface area (Å²) in [6.07, 6.45) is 0.